The number of carbonyl (C=O) groups is 1. The number of hydrogen-bond acceptors (Lipinski definition) is 3. The van der Waals surface area contributed by atoms with Crippen molar-refractivity contribution in [1.82, 2.24) is 15.1 Å². The number of nitrogens with zero attached hydrogens (tertiary/aromatic N) is 2. The highest BCUT2D eigenvalue weighted by Gasteiger charge is 2.25. The van der Waals surface area contributed by atoms with E-state index < -0.39 is 0 Å². The van der Waals surface area contributed by atoms with E-state index in [0.717, 1.165) is 47.8 Å². The summed E-state index contributed by atoms with van der Waals surface area (Å²) >= 11 is 6.03. The molecule has 0 radical (unpaired) electrons. The topological polar surface area (TPSA) is 58.2 Å². The number of rotatable bonds is 4. The van der Waals surface area contributed by atoms with E-state index in [0.29, 0.717) is 18.2 Å². The Morgan fingerprint density at radius 3 is 2.79 bits per heavy atom. The normalized spacial score (nSPS) is 17.0. The number of methoxy groups -OCH3 is 1. The first-order chi connectivity index (χ1) is 14.1. The van der Waals surface area contributed by atoms with Gasteiger partial charge in [-0.05, 0) is 48.7 Å². The van der Waals surface area contributed by atoms with E-state index in [2.05, 4.69) is 22.3 Å². The lowest BCUT2D eigenvalue weighted by Crippen LogP contribution is -2.34. The summed E-state index contributed by atoms with van der Waals surface area (Å²) in [5.74, 6) is 1.07. The minimum atomic E-state index is -0.00694. The predicted molar refractivity (Wildman–Crippen MR) is 115 cm³/mol. The molecule has 0 spiro atoms. The molecule has 1 unspecified atom stereocenters. The first-order valence-electron chi connectivity index (χ1n) is 9.88. The average molecular weight is 410 g/mol. The molecule has 1 fully saturated rings. The van der Waals surface area contributed by atoms with Crippen molar-refractivity contribution in [2.45, 2.75) is 25.2 Å². The van der Waals surface area contributed by atoms with Crippen LogP contribution in [0, 0.1) is 0 Å². The van der Waals surface area contributed by atoms with Gasteiger partial charge in [0.2, 0.25) is 0 Å². The second-order valence-electron chi connectivity index (χ2n) is 7.39. The van der Waals surface area contributed by atoms with E-state index in [1.165, 1.54) is 5.56 Å². The third-order valence-electron chi connectivity index (χ3n) is 5.47. The molecule has 5 nitrogen and oxygen atoms in total. The summed E-state index contributed by atoms with van der Waals surface area (Å²) in [7, 11) is 1.63. The van der Waals surface area contributed by atoms with Gasteiger partial charge in [0, 0.05) is 29.6 Å². The first-order valence-corrected chi connectivity index (χ1v) is 10.3. The van der Waals surface area contributed by atoms with Gasteiger partial charge in [0.1, 0.15) is 11.4 Å². The fourth-order valence-electron chi connectivity index (χ4n) is 3.87. The van der Waals surface area contributed by atoms with Crippen LogP contribution >= 0.6 is 11.6 Å². The van der Waals surface area contributed by atoms with Crippen molar-refractivity contribution in [2.24, 2.45) is 0 Å². The quantitative estimate of drug-likeness (QED) is 0.648. The summed E-state index contributed by atoms with van der Waals surface area (Å²) in [6.45, 7) is 1.46. The lowest BCUT2D eigenvalue weighted by atomic mass is 9.94. The minimum absolute atomic E-state index is 0.00694. The van der Waals surface area contributed by atoms with Crippen LogP contribution in [0.1, 0.15) is 41.2 Å². The van der Waals surface area contributed by atoms with E-state index in [1.807, 2.05) is 47.4 Å². The maximum Gasteiger partial charge on any atom is 0.271 e. The van der Waals surface area contributed by atoms with Gasteiger partial charge in [-0.15, -0.1) is 0 Å². The zero-order valence-electron chi connectivity index (χ0n) is 16.4. The molecule has 29 heavy (non-hydrogen) atoms. The summed E-state index contributed by atoms with van der Waals surface area (Å²) in [6, 6.07) is 17.5. The Kier molecular flexibility index (Phi) is 5.86. The SMILES string of the molecule is COc1cccc(-c2cc(C(=O)N3CCCCC(c4ccc(Cl)cc4)C3)[nH]n2)c1. The molecule has 1 aromatic heterocycles. The van der Waals surface area contributed by atoms with Crippen molar-refractivity contribution in [3.05, 3.63) is 70.9 Å². The van der Waals surface area contributed by atoms with Crippen LogP contribution in [0.5, 0.6) is 5.75 Å². The predicted octanol–water partition coefficient (Wildman–Crippen LogP) is 5.15. The van der Waals surface area contributed by atoms with E-state index in [9.17, 15) is 4.79 Å². The lowest BCUT2D eigenvalue weighted by Gasteiger charge is -2.24. The number of hydrogen-bond donors (Lipinski definition) is 1. The van der Waals surface area contributed by atoms with Crippen LogP contribution in [0.15, 0.2) is 54.6 Å². The van der Waals surface area contributed by atoms with Gasteiger partial charge in [0.25, 0.3) is 5.91 Å². The van der Waals surface area contributed by atoms with Gasteiger partial charge in [0.15, 0.2) is 0 Å². The van der Waals surface area contributed by atoms with E-state index >= 15 is 0 Å². The molecule has 1 atom stereocenters. The summed E-state index contributed by atoms with van der Waals surface area (Å²) in [4.78, 5) is 15.1. The third kappa shape index (κ3) is 4.46. The minimum Gasteiger partial charge on any atom is -0.497 e. The lowest BCUT2D eigenvalue weighted by molar-refractivity contribution is 0.0748. The fraction of sp³-hybridized carbons (Fsp3) is 0.304. The number of aromatic nitrogens is 2. The molecule has 1 N–H and O–H groups in total. The number of H-pyrrole nitrogens is 1. The molecule has 0 bridgehead atoms. The molecule has 4 rings (SSSR count). The second-order valence-corrected chi connectivity index (χ2v) is 7.83. The summed E-state index contributed by atoms with van der Waals surface area (Å²) in [5.41, 5.74) is 3.39. The van der Waals surface area contributed by atoms with Gasteiger partial charge in [-0.25, -0.2) is 0 Å². The fourth-order valence-corrected chi connectivity index (χ4v) is 3.99. The molecule has 1 amide bonds. The van der Waals surface area contributed by atoms with Gasteiger partial charge in [-0.1, -0.05) is 42.3 Å². The van der Waals surface area contributed by atoms with Crippen LogP contribution < -0.4 is 4.74 Å². The molecule has 1 aliphatic rings. The molecule has 150 valence electrons. The molecule has 3 aromatic rings. The highest BCUT2D eigenvalue weighted by Crippen LogP contribution is 2.29. The van der Waals surface area contributed by atoms with Gasteiger partial charge in [-0.3, -0.25) is 9.89 Å². The van der Waals surface area contributed by atoms with Gasteiger partial charge in [-0.2, -0.15) is 5.10 Å². The van der Waals surface area contributed by atoms with E-state index in [1.54, 1.807) is 7.11 Å². The van der Waals surface area contributed by atoms with E-state index in [-0.39, 0.29) is 5.91 Å². The number of nitrogens with one attached hydrogen (secondary N) is 1. The number of carbonyl (C=O) groups excluding carboxylic acids is 1. The number of ether oxygens (including phenoxy) is 1. The third-order valence-corrected chi connectivity index (χ3v) is 5.73. The van der Waals surface area contributed by atoms with Crippen LogP contribution in [0.4, 0.5) is 0 Å². The van der Waals surface area contributed by atoms with Crippen molar-refractivity contribution >= 4 is 17.5 Å². The monoisotopic (exact) mass is 409 g/mol. The van der Waals surface area contributed by atoms with Crippen molar-refractivity contribution in [3.8, 4) is 17.0 Å². The molecular formula is C23H24ClN3O2. The Morgan fingerprint density at radius 2 is 2.00 bits per heavy atom. The molecule has 0 aliphatic carbocycles. The average Bonchev–Trinajstić information content (AvgIpc) is 3.12. The van der Waals surface area contributed by atoms with Crippen LogP contribution in [0.2, 0.25) is 5.02 Å². The highest BCUT2D eigenvalue weighted by atomic mass is 35.5. The van der Waals surface area contributed by atoms with Crippen molar-refractivity contribution in [3.63, 3.8) is 0 Å². The van der Waals surface area contributed by atoms with Gasteiger partial charge in [0.05, 0.1) is 12.8 Å². The Hall–Kier alpha value is -2.79. The number of likely N-dealkylation sites (tertiary alicyclic amines) is 1. The largest absolute Gasteiger partial charge is 0.497 e. The number of benzene rings is 2. The first kappa shape index (κ1) is 19.5. The number of aromatic amines is 1. The molecule has 2 heterocycles. The smallest absolute Gasteiger partial charge is 0.271 e. The van der Waals surface area contributed by atoms with Crippen LogP contribution in [0.25, 0.3) is 11.3 Å². The van der Waals surface area contributed by atoms with Crippen molar-refractivity contribution in [1.29, 1.82) is 0 Å². The zero-order valence-corrected chi connectivity index (χ0v) is 17.2. The van der Waals surface area contributed by atoms with Gasteiger partial charge >= 0.3 is 0 Å². The summed E-state index contributed by atoms with van der Waals surface area (Å²) in [5, 5.41) is 8.00. The molecular weight excluding hydrogens is 386 g/mol. The van der Waals surface area contributed by atoms with Crippen molar-refractivity contribution < 1.29 is 9.53 Å². The maximum atomic E-state index is 13.2. The number of halogens is 1. The Bertz CT molecular complexity index is 984. The van der Waals surface area contributed by atoms with Gasteiger partial charge < -0.3 is 9.64 Å². The molecule has 1 saturated heterocycles. The molecule has 1 aliphatic heterocycles. The van der Waals surface area contributed by atoms with Crippen LogP contribution in [0.3, 0.4) is 0 Å². The van der Waals surface area contributed by atoms with Crippen LogP contribution in [-0.4, -0.2) is 41.2 Å². The maximum absolute atomic E-state index is 13.2. The summed E-state index contributed by atoms with van der Waals surface area (Å²) < 4.78 is 5.28. The Balaban J connectivity index is 1.52. The van der Waals surface area contributed by atoms with Crippen molar-refractivity contribution in [2.75, 3.05) is 20.2 Å². The molecule has 6 heteroatoms. The highest BCUT2D eigenvalue weighted by molar-refractivity contribution is 6.30. The number of amides is 1. The van der Waals surface area contributed by atoms with E-state index in [4.69, 9.17) is 16.3 Å². The molecule has 0 saturated carbocycles. The Labute approximate surface area is 175 Å². The van der Waals surface area contributed by atoms with Crippen LogP contribution in [-0.2, 0) is 0 Å². The zero-order chi connectivity index (χ0) is 20.2. The Morgan fingerprint density at radius 1 is 1.17 bits per heavy atom. The second kappa shape index (κ2) is 8.70. The summed E-state index contributed by atoms with van der Waals surface area (Å²) in [6.07, 6.45) is 3.19. The standard InChI is InChI=1S/C23H24ClN3O2/c1-29-20-7-4-6-17(13-20)21-14-22(26-25-21)23(28)27-12-3-2-5-18(15-27)16-8-10-19(24)11-9-16/h4,6-11,13-14,18H,2-3,5,12,15H2,1H3,(H,25,26). The molecule has 2 aromatic carbocycles.